The molecule has 0 bridgehead atoms. The van der Waals surface area contributed by atoms with E-state index < -0.39 is 17.8 Å². The van der Waals surface area contributed by atoms with Crippen molar-refractivity contribution in [3.05, 3.63) is 28.5 Å². The van der Waals surface area contributed by atoms with Crippen molar-refractivity contribution in [2.24, 2.45) is 0 Å². The van der Waals surface area contributed by atoms with Gasteiger partial charge in [0.05, 0.1) is 5.69 Å². The molecule has 1 rings (SSSR count). The molecule has 1 aromatic carbocycles. The number of aliphatic carboxylic acids is 1. The monoisotopic (exact) mass is 332 g/mol. The first-order valence-corrected chi connectivity index (χ1v) is 6.42. The van der Waals surface area contributed by atoms with Gasteiger partial charge in [0, 0.05) is 16.9 Å². The maximum Gasteiger partial charge on any atom is 0.319 e. The Hall–Kier alpha value is -1.63. The highest BCUT2D eigenvalue weighted by atomic mass is 79.9. The second-order valence-corrected chi connectivity index (χ2v) is 4.91. The van der Waals surface area contributed by atoms with Crippen LogP contribution in [0.25, 0.3) is 0 Å². The van der Waals surface area contributed by atoms with Crippen molar-refractivity contribution in [1.29, 1.82) is 0 Å². The summed E-state index contributed by atoms with van der Waals surface area (Å²) >= 11 is 3.19. The summed E-state index contributed by atoms with van der Waals surface area (Å²) in [5.74, 6) is -1.38. The Morgan fingerprint density at radius 1 is 1.47 bits per heavy atom. The van der Waals surface area contributed by atoms with Crippen LogP contribution < -0.4 is 10.6 Å². The number of benzene rings is 1. The minimum Gasteiger partial charge on any atom is -0.481 e. The Kier molecular flexibility index (Phi) is 5.75. The third-order valence-electron chi connectivity index (χ3n) is 2.35. The van der Waals surface area contributed by atoms with Gasteiger partial charge in [-0.25, -0.2) is 9.18 Å². The average Bonchev–Trinajstić information content (AvgIpc) is 2.31. The molecule has 0 saturated carbocycles. The van der Waals surface area contributed by atoms with Gasteiger partial charge in [-0.05, 0) is 47.5 Å². The fraction of sp³-hybridized carbons (Fsp3) is 0.333. The number of carboxylic acids is 1. The molecule has 104 valence electrons. The molecule has 1 atom stereocenters. The predicted molar refractivity (Wildman–Crippen MR) is 72.6 cm³/mol. The Morgan fingerprint density at radius 2 is 2.16 bits per heavy atom. The van der Waals surface area contributed by atoms with Gasteiger partial charge in [-0.3, -0.25) is 4.79 Å². The van der Waals surface area contributed by atoms with Crippen LogP contribution in [-0.2, 0) is 4.79 Å². The molecule has 5 nitrogen and oxygen atoms in total. The number of hydrogen-bond acceptors (Lipinski definition) is 2. The Labute approximate surface area is 118 Å². The summed E-state index contributed by atoms with van der Waals surface area (Å²) in [6.07, 6.45) is 0.304. The molecule has 0 aliphatic carbocycles. The van der Waals surface area contributed by atoms with Crippen LogP contribution in [0.4, 0.5) is 14.9 Å². The Balaban J connectivity index is 2.50. The van der Waals surface area contributed by atoms with E-state index in [0.29, 0.717) is 16.6 Å². The van der Waals surface area contributed by atoms with Crippen LogP contribution in [0.1, 0.15) is 19.8 Å². The van der Waals surface area contributed by atoms with E-state index in [1.54, 1.807) is 6.92 Å². The molecule has 1 unspecified atom stereocenters. The number of amides is 2. The van der Waals surface area contributed by atoms with E-state index in [4.69, 9.17) is 5.11 Å². The molecule has 0 saturated heterocycles. The quantitative estimate of drug-likeness (QED) is 0.775. The lowest BCUT2D eigenvalue weighted by atomic mass is 10.2. The fourth-order valence-corrected chi connectivity index (χ4v) is 1.73. The van der Waals surface area contributed by atoms with Crippen LogP contribution >= 0.6 is 15.9 Å². The maximum absolute atomic E-state index is 13.0. The molecule has 0 heterocycles. The SMILES string of the molecule is CC(CCC(=O)O)NC(=O)Nc1cc(F)ccc1Br. The van der Waals surface area contributed by atoms with Gasteiger partial charge in [-0.15, -0.1) is 0 Å². The molecule has 3 N–H and O–H groups in total. The van der Waals surface area contributed by atoms with Gasteiger partial charge in [0.15, 0.2) is 0 Å². The van der Waals surface area contributed by atoms with E-state index in [9.17, 15) is 14.0 Å². The van der Waals surface area contributed by atoms with Crippen LogP contribution in [0.2, 0.25) is 0 Å². The summed E-state index contributed by atoms with van der Waals surface area (Å²) in [6.45, 7) is 1.70. The number of rotatable bonds is 5. The molecule has 19 heavy (non-hydrogen) atoms. The normalized spacial score (nSPS) is 11.7. The standard InChI is InChI=1S/C12H14BrFN2O3/c1-7(2-5-11(17)18)15-12(19)16-10-6-8(14)3-4-9(10)13/h3-4,6-7H,2,5H2,1H3,(H,17,18)(H2,15,16,19). The van der Waals surface area contributed by atoms with Crippen molar-refractivity contribution in [3.63, 3.8) is 0 Å². The lowest BCUT2D eigenvalue weighted by molar-refractivity contribution is -0.137. The van der Waals surface area contributed by atoms with Crippen LogP contribution in [0, 0.1) is 5.82 Å². The number of nitrogens with one attached hydrogen (secondary N) is 2. The molecule has 0 aliphatic heterocycles. The van der Waals surface area contributed by atoms with E-state index in [0.717, 1.165) is 0 Å². The van der Waals surface area contributed by atoms with E-state index in [-0.39, 0.29) is 12.5 Å². The van der Waals surface area contributed by atoms with Gasteiger partial charge in [-0.2, -0.15) is 0 Å². The van der Waals surface area contributed by atoms with Gasteiger partial charge < -0.3 is 15.7 Å². The predicted octanol–water partition coefficient (Wildman–Crippen LogP) is 2.96. The van der Waals surface area contributed by atoms with Crippen molar-refractivity contribution in [2.75, 3.05) is 5.32 Å². The minimum atomic E-state index is -0.915. The third kappa shape index (κ3) is 5.69. The molecule has 2 amide bonds. The number of halogens is 2. The third-order valence-corrected chi connectivity index (χ3v) is 3.04. The van der Waals surface area contributed by atoms with Gasteiger partial charge in [0.1, 0.15) is 5.82 Å². The number of urea groups is 1. The van der Waals surface area contributed by atoms with Crippen molar-refractivity contribution >= 4 is 33.6 Å². The molecule has 0 aromatic heterocycles. The van der Waals surface area contributed by atoms with Gasteiger partial charge in [0.2, 0.25) is 0 Å². The summed E-state index contributed by atoms with van der Waals surface area (Å²) < 4.78 is 13.6. The molecular formula is C12H14BrFN2O3. The first kappa shape index (κ1) is 15.4. The zero-order valence-corrected chi connectivity index (χ0v) is 11.8. The molecule has 0 fully saturated rings. The van der Waals surface area contributed by atoms with E-state index in [1.807, 2.05) is 0 Å². The maximum atomic E-state index is 13.0. The van der Waals surface area contributed by atoms with Crippen molar-refractivity contribution < 1.29 is 19.1 Å². The van der Waals surface area contributed by atoms with E-state index in [2.05, 4.69) is 26.6 Å². The zero-order valence-electron chi connectivity index (χ0n) is 10.2. The molecule has 1 aromatic rings. The van der Waals surface area contributed by atoms with Crippen molar-refractivity contribution in [3.8, 4) is 0 Å². The smallest absolute Gasteiger partial charge is 0.319 e. The lowest BCUT2D eigenvalue weighted by Crippen LogP contribution is -2.36. The van der Waals surface area contributed by atoms with E-state index >= 15 is 0 Å². The second-order valence-electron chi connectivity index (χ2n) is 4.06. The largest absolute Gasteiger partial charge is 0.481 e. The highest BCUT2D eigenvalue weighted by molar-refractivity contribution is 9.10. The van der Waals surface area contributed by atoms with Crippen LogP contribution in [-0.4, -0.2) is 23.1 Å². The number of anilines is 1. The number of hydrogen-bond donors (Lipinski definition) is 3. The molecule has 0 radical (unpaired) electrons. The van der Waals surface area contributed by atoms with Crippen LogP contribution in [0.5, 0.6) is 0 Å². The highest BCUT2D eigenvalue weighted by Crippen LogP contribution is 2.22. The van der Waals surface area contributed by atoms with E-state index in [1.165, 1.54) is 18.2 Å². The summed E-state index contributed by atoms with van der Waals surface area (Å²) in [6, 6.07) is 3.14. The Bertz CT molecular complexity index is 482. The van der Waals surface area contributed by atoms with Gasteiger partial charge in [0.25, 0.3) is 0 Å². The lowest BCUT2D eigenvalue weighted by Gasteiger charge is -2.14. The van der Waals surface area contributed by atoms with Crippen LogP contribution in [0.15, 0.2) is 22.7 Å². The van der Waals surface area contributed by atoms with Crippen molar-refractivity contribution in [2.45, 2.75) is 25.8 Å². The van der Waals surface area contributed by atoms with Gasteiger partial charge >= 0.3 is 12.0 Å². The second kappa shape index (κ2) is 7.08. The zero-order chi connectivity index (χ0) is 14.4. The fourth-order valence-electron chi connectivity index (χ4n) is 1.39. The first-order valence-electron chi connectivity index (χ1n) is 5.63. The summed E-state index contributed by atoms with van der Waals surface area (Å²) in [5.41, 5.74) is 0.308. The van der Waals surface area contributed by atoms with Gasteiger partial charge in [-0.1, -0.05) is 0 Å². The molecule has 0 spiro atoms. The summed E-state index contributed by atoms with van der Waals surface area (Å²) in [4.78, 5) is 22.0. The number of carbonyl (C=O) groups excluding carboxylic acids is 1. The molecule has 7 heteroatoms. The number of carboxylic acid groups (broad SMARTS) is 1. The molecule has 0 aliphatic rings. The highest BCUT2D eigenvalue weighted by Gasteiger charge is 2.11. The summed E-state index contributed by atoms with van der Waals surface area (Å²) in [5, 5.41) is 13.6. The topological polar surface area (TPSA) is 78.4 Å². The Morgan fingerprint density at radius 3 is 2.79 bits per heavy atom. The van der Waals surface area contributed by atoms with Crippen LogP contribution in [0.3, 0.4) is 0 Å². The average molecular weight is 333 g/mol. The first-order chi connectivity index (χ1) is 8.88. The summed E-state index contributed by atoms with van der Waals surface area (Å²) in [7, 11) is 0. The molecular weight excluding hydrogens is 319 g/mol. The number of carbonyl (C=O) groups is 2. The van der Waals surface area contributed by atoms with Crippen molar-refractivity contribution in [1.82, 2.24) is 5.32 Å². The minimum absolute atomic E-state index is 0.0227.